The lowest BCUT2D eigenvalue weighted by atomic mass is 9.81. The second-order valence-corrected chi connectivity index (χ2v) is 6.33. The number of fused-ring (bicyclic) bond motifs is 1. The Morgan fingerprint density at radius 3 is 2.67 bits per heavy atom. The lowest BCUT2D eigenvalue weighted by Crippen LogP contribution is -2.28. The molecule has 1 aliphatic carbocycles. The second kappa shape index (κ2) is 8.74. The van der Waals surface area contributed by atoms with Crippen LogP contribution in [0.4, 0.5) is 5.69 Å². The molecule has 4 heteroatoms. The van der Waals surface area contributed by atoms with Gasteiger partial charge in [-0.3, -0.25) is 4.79 Å². The predicted molar refractivity (Wildman–Crippen MR) is 102 cm³/mol. The lowest BCUT2D eigenvalue weighted by molar-refractivity contribution is -0.121. The Bertz CT molecular complexity index is 670. The van der Waals surface area contributed by atoms with Crippen molar-refractivity contribution in [1.29, 1.82) is 0 Å². The Balaban J connectivity index is 0.00000208. The van der Waals surface area contributed by atoms with Gasteiger partial charge in [0.2, 0.25) is 5.91 Å². The van der Waals surface area contributed by atoms with E-state index in [-0.39, 0.29) is 18.3 Å². The zero-order chi connectivity index (χ0) is 16.1. The first-order valence-electron chi connectivity index (χ1n) is 8.41. The van der Waals surface area contributed by atoms with E-state index in [0.29, 0.717) is 18.9 Å². The molecule has 3 N–H and O–H groups in total. The molecule has 0 fully saturated rings. The molecule has 0 spiro atoms. The monoisotopic (exact) mass is 344 g/mol. The van der Waals surface area contributed by atoms with Gasteiger partial charge in [0.15, 0.2) is 0 Å². The number of carbonyl (C=O) groups excluding carboxylic acids is 1. The fraction of sp³-hybridized carbons (Fsp3) is 0.350. The molecule has 0 aromatic heterocycles. The van der Waals surface area contributed by atoms with Gasteiger partial charge in [0.05, 0.1) is 0 Å². The van der Waals surface area contributed by atoms with Crippen LogP contribution in [0.3, 0.4) is 0 Å². The Morgan fingerprint density at radius 2 is 1.88 bits per heavy atom. The van der Waals surface area contributed by atoms with Crippen LogP contribution in [0.5, 0.6) is 0 Å². The van der Waals surface area contributed by atoms with E-state index >= 15 is 0 Å². The molecule has 1 unspecified atom stereocenters. The molecule has 1 aliphatic rings. The van der Waals surface area contributed by atoms with E-state index in [4.69, 9.17) is 5.73 Å². The minimum atomic E-state index is 0. The maximum atomic E-state index is 12.2. The number of carbonyl (C=O) groups is 1. The highest BCUT2D eigenvalue weighted by Gasteiger charge is 2.21. The van der Waals surface area contributed by atoms with Crippen LogP contribution < -0.4 is 11.1 Å². The summed E-state index contributed by atoms with van der Waals surface area (Å²) in [5.74, 6) is 0.527. The minimum Gasteiger partial charge on any atom is -0.399 e. The predicted octanol–water partition coefficient (Wildman–Crippen LogP) is 3.86. The van der Waals surface area contributed by atoms with Gasteiger partial charge in [-0.05, 0) is 60.4 Å². The van der Waals surface area contributed by atoms with Crippen molar-refractivity contribution in [2.24, 2.45) is 0 Å². The highest BCUT2D eigenvalue weighted by molar-refractivity contribution is 5.85. The number of anilines is 1. The standard InChI is InChI=1S/C20H24N2O.ClH/c21-18-10-8-15(9-11-18)12-13-22-20(23)14-17-6-3-5-16-4-1-2-7-19(16)17;/h1-2,4,7-11,17H,3,5-6,12-14,21H2,(H,22,23);1H. The van der Waals surface area contributed by atoms with Gasteiger partial charge in [0, 0.05) is 18.7 Å². The van der Waals surface area contributed by atoms with E-state index < -0.39 is 0 Å². The SMILES string of the molecule is Cl.Nc1ccc(CCNC(=O)CC2CCCc3ccccc32)cc1. The number of amides is 1. The van der Waals surface area contributed by atoms with Gasteiger partial charge in [-0.25, -0.2) is 0 Å². The molecule has 0 saturated carbocycles. The molecule has 0 radical (unpaired) electrons. The van der Waals surface area contributed by atoms with Crippen molar-refractivity contribution < 1.29 is 4.79 Å². The molecular formula is C20H25ClN2O. The fourth-order valence-electron chi connectivity index (χ4n) is 3.39. The van der Waals surface area contributed by atoms with Gasteiger partial charge in [0.25, 0.3) is 0 Å². The van der Waals surface area contributed by atoms with E-state index in [9.17, 15) is 4.79 Å². The highest BCUT2D eigenvalue weighted by atomic mass is 35.5. The maximum Gasteiger partial charge on any atom is 0.220 e. The number of hydrogen-bond donors (Lipinski definition) is 2. The fourth-order valence-corrected chi connectivity index (χ4v) is 3.39. The zero-order valence-electron chi connectivity index (χ0n) is 13.8. The molecule has 0 heterocycles. The van der Waals surface area contributed by atoms with Crippen molar-refractivity contribution in [1.82, 2.24) is 5.32 Å². The smallest absolute Gasteiger partial charge is 0.220 e. The third-order valence-corrected chi connectivity index (χ3v) is 4.64. The Labute approximate surface area is 150 Å². The number of rotatable bonds is 5. The van der Waals surface area contributed by atoms with Crippen molar-refractivity contribution in [3.63, 3.8) is 0 Å². The molecule has 0 saturated heterocycles. The van der Waals surface area contributed by atoms with Crippen LogP contribution in [0.25, 0.3) is 0 Å². The van der Waals surface area contributed by atoms with Crippen LogP contribution in [0.2, 0.25) is 0 Å². The molecule has 2 aromatic rings. The van der Waals surface area contributed by atoms with Crippen molar-refractivity contribution in [3.8, 4) is 0 Å². The van der Waals surface area contributed by atoms with Crippen LogP contribution in [0.15, 0.2) is 48.5 Å². The summed E-state index contributed by atoms with van der Waals surface area (Å²) in [5, 5.41) is 3.05. The molecule has 3 nitrogen and oxygen atoms in total. The molecule has 24 heavy (non-hydrogen) atoms. The molecule has 3 rings (SSSR count). The van der Waals surface area contributed by atoms with Gasteiger partial charge >= 0.3 is 0 Å². The number of hydrogen-bond acceptors (Lipinski definition) is 2. The Morgan fingerprint density at radius 1 is 1.12 bits per heavy atom. The summed E-state index contributed by atoms with van der Waals surface area (Å²) in [5.41, 5.74) is 10.4. The number of nitrogens with two attached hydrogens (primary N) is 1. The van der Waals surface area contributed by atoms with Crippen LogP contribution in [0, 0.1) is 0 Å². The third kappa shape index (κ3) is 4.75. The van der Waals surface area contributed by atoms with Crippen LogP contribution in [0.1, 0.15) is 41.9 Å². The maximum absolute atomic E-state index is 12.2. The summed E-state index contributed by atoms with van der Waals surface area (Å²) in [6.45, 7) is 0.678. The first-order valence-corrected chi connectivity index (χ1v) is 8.41. The average molecular weight is 345 g/mol. The molecule has 1 atom stereocenters. The summed E-state index contributed by atoms with van der Waals surface area (Å²) in [6.07, 6.45) is 4.88. The quantitative estimate of drug-likeness (QED) is 0.809. The van der Waals surface area contributed by atoms with Gasteiger partial charge in [-0.15, -0.1) is 12.4 Å². The summed E-state index contributed by atoms with van der Waals surface area (Å²) in [4.78, 5) is 12.2. The van der Waals surface area contributed by atoms with E-state index in [1.54, 1.807) is 0 Å². The first-order chi connectivity index (χ1) is 11.2. The van der Waals surface area contributed by atoms with Crippen molar-refractivity contribution in [2.75, 3.05) is 12.3 Å². The van der Waals surface area contributed by atoms with Crippen molar-refractivity contribution in [2.45, 2.75) is 38.0 Å². The number of halogens is 1. The normalized spacial score (nSPS) is 15.9. The van der Waals surface area contributed by atoms with E-state index in [1.807, 2.05) is 24.3 Å². The van der Waals surface area contributed by atoms with E-state index in [0.717, 1.165) is 24.9 Å². The number of nitrogen functional groups attached to an aromatic ring is 1. The zero-order valence-corrected chi connectivity index (χ0v) is 14.6. The van der Waals surface area contributed by atoms with Crippen molar-refractivity contribution in [3.05, 3.63) is 65.2 Å². The van der Waals surface area contributed by atoms with Gasteiger partial charge in [0.1, 0.15) is 0 Å². The van der Waals surface area contributed by atoms with Gasteiger partial charge in [-0.1, -0.05) is 36.4 Å². The molecular weight excluding hydrogens is 320 g/mol. The number of aryl methyl sites for hydroxylation is 1. The van der Waals surface area contributed by atoms with Crippen LogP contribution in [-0.2, 0) is 17.6 Å². The topological polar surface area (TPSA) is 55.1 Å². The molecule has 128 valence electrons. The minimum absolute atomic E-state index is 0. The summed E-state index contributed by atoms with van der Waals surface area (Å²) in [6, 6.07) is 16.4. The molecule has 0 bridgehead atoms. The highest BCUT2D eigenvalue weighted by Crippen LogP contribution is 2.33. The van der Waals surface area contributed by atoms with E-state index in [2.05, 4.69) is 29.6 Å². The second-order valence-electron chi connectivity index (χ2n) is 6.33. The van der Waals surface area contributed by atoms with Crippen molar-refractivity contribution >= 4 is 24.0 Å². The van der Waals surface area contributed by atoms with Crippen LogP contribution >= 0.6 is 12.4 Å². The molecule has 1 amide bonds. The van der Waals surface area contributed by atoms with Gasteiger partial charge in [-0.2, -0.15) is 0 Å². The number of benzene rings is 2. The van der Waals surface area contributed by atoms with Crippen LogP contribution in [-0.4, -0.2) is 12.5 Å². The third-order valence-electron chi connectivity index (χ3n) is 4.64. The summed E-state index contributed by atoms with van der Waals surface area (Å²) in [7, 11) is 0. The summed E-state index contributed by atoms with van der Waals surface area (Å²) < 4.78 is 0. The molecule has 2 aromatic carbocycles. The molecule has 0 aliphatic heterocycles. The van der Waals surface area contributed by atoms with E-state index in [1.165, 1.54) is 23.1 Å². The average Bonchev–Trinajstić information content (AvgIpc) is 2.57. The first kappa shape index (κ1) is 18.3. The number of nitrogens with one attached hydrogen (secondary N) is 1. The van der Waals surface area contributed by atoms with Gasteiger partial charge < -0.3 is 11.1 Å². The Kier molecular flexibility index (Phi) is 6.68. The largest absolute Gasteiger partial charge is 0.399 e. The Hall–Kier alpha value is -2.00. The lowest BCUT2D eigenvalue weighted by Gasteiger charge is -2.25. The summed E-state index contributed by atoms with van der Waals surface area (Å²) >= 11 is 0.